The van der Waals surface area contributed by atoms with Gasteiger partial charge in [-0.1, -0.05) is 13.8 Å². The Morgan fingerprint density at radius 1 is 1.15 bits per heavy atom. The van der Waals surface area contributed by atoms with E-state index in [0.29, 0.717) is 11.5 Å². The van der Waals surface area contributed by atoms with Crippen LogP contribution in [0.25, 0.3) is 0 Å². The van der Waals surface area contributed by atoms with E-state index in [4.69, 9.17) is 4.74 Å². The second kappa shape index (κ2) is 8.52. The Balaban J connectivity index is 1.97. The van der Waals surface area contributed by atoms with E-state index < -0.39 is 46.4 Å². The first-order valence-corrected chi connectivity index (χ1v) is 9.71. The summed E-state index contributed by atoms with van der Waals surface area (Å²) in [6.45, 7) is 2.76. The van der Waals surface area contributed by atoms with Crippen LogP contribution in [0, 0.1) is 0 Å². The van der Waals surface area contributed by atoms with E-state index in [1.807, 2.05) is 0 Å². The second-order valence-corrected chi connectivity index (χ2v) is 6.99. The molecule has 3 amide bonds. The Bertz CT molecular complexity index is 723. The molecule has 13 heteroatoms. The normalized spacial score (nSPS) is 21.8. The summed E-state index contributed by atoms with van der Waals surface area (Å²) in [6, 6.07) is -2.29. The number of esters is 1. The molecular weight excluding hydrogens is 386 g/mol. The van der Waals surface area contributed by atoms with Crippen molar-refractivity contribution < 1.29 is 40.8 Å². The van der Waals surface area contributed by atoms with Crippen molar-refractivity contribution >= 4 is 34.3 Å². The van der Waals surface area contributed by atoms with Crippen molar-refractivity contribution in [2.24, 2.45) is 0 Å². The van der Waals surface area contributed by atoms with E-state index in [9.17, 15) is 27.6 Å². The number of amides is 3. The van der Waals surface area contributed by atoms with E-state index in [1.165, 1.54) is 6.92 Å². The summed E-state index contributed by atoms with van der Waals surface area (Å²) in [5.41, 5.74) is 0. The summed E-state index contributed by atoms with van der Waals surface area (Å²) in [4.78, 5) is 48.0. The van der Waals surface area contributed by atoms with Crippen molar-refractivity contribution in [3.05, 3.63) is 0 Å². The van der Waals surface area contributed by atoms with Crippen LogP contribution in [-0.2, 0) is 38.0 Å². The summed E-state index contributed by atoms with van der Waals surface area (Å²) < 4.78 is 37.0. The number of nitrogens with zero attached hydrogens (tertiary/aromatic N) is 2. The van der Waals surface area contributed by atoms with Gasteiger partial charge in [0.15, 0.2) is 6.73 Å². The molecule has 27 heavy (non-hydrogen) atoms. The number of rotatable bonds is 8. The third-order valence-electron chi connectivity index (χ3n) is 4.05. The van der Waals surface area contributed by atoms with Crippen LogP contribution in [0.4, 0.5) is 4.79 Å². The maximum atomic E-state index is 12.4. The molecule has 2 aliphatic rings. The molecule has 0 unspecified atom stereocenters. The van der Waals surface area contributed by atoms with Gasteiger partial charge in [0.1, 0.15) is 6.04 Å². The largest absolute Gasteiger partial charge is 0.473 e. The highest BCUT2D eigenvalue weighted by atomic mass is 32.3. The smallest absolute Gasteiger partial charge is 0.444 e. The first kappa shape index (κ1) is 20.9. The Morgan fingerprint density at radius 2 is 1.81 bits per heavy atom. The minimum atomic E-state index is -4.74. The van der Waals surface area contributed by atoms with Gasteiger partial charge in [0.05, 0.1) is 6.04 Å². The highest BCUT2D eigenvalue weighted by Crippen LogP contribution is 2.31. The summed E-state index contributed by atoms with van der Waals surface area (Å²) in [6.07, 6.45) is 0.539. The van der Waals surface area contributed by atoms with Gasteiger partial charge in [0.2, 0.25) is 5.91 Å². The first-order valence-electron chi connectivity index (χ1n) is 8.38. The van der Waals surface area contributed by atoms with E-state index >= 15 is 0 Å². The molecule has 2 saturated heterocycles. The van der Waals surface area contributed by atoms with Gasteiger partial charge < -0.3 is 19.1 Å². The SMILES string of the molecule is CCC(=O)OCNC(=O)[C@@H]1CC[C@@H]2CN1C(=O)N2OS(=O)(=O)OC(=O)CC. The number of ether oxygens (including phenoxy) is 1. The molecule has 0 spiro atoms. The van der Waals surface area contributed by atoms with Crippen LogP contribution in [0.1, 0.15) is 39.5 Å². The van der Waals surface area contributed by atoms with E-state index in [1.54, 1.807) is 6.92 Å². The molecule has 0 radical (unpaired) electrons. The maximum Gasteiger partial charge on any atom is 0.473 e. The second-order valence-electron chi connectivity index (χ2n) is 5.85. The van der Waals surface area contributed by atoms with Crippen molar-refractivity contribution in [3.63, 3.8) is 0 Å². The fourth-order valence-corrected chi connectivity index (χ4v) is 3.45. The van der Waals surface area contributed by atoms with Gasteiger partial charge in [0, 0.05) is 19.4 Å². The van der Waals surface area contributed by atoms with Gasteiger partial charge in [-0.2, -0.15) is 13.5 Å². The molecule has 2 aliphatic heterocycles. The molecule has 0 aromatic heterocycles. The Morgan fingerprint density at radius 3 is 2.44 bits per heavy atom. The lowest BCUT2D eigenvalue weighted by Gasteiger charge is -2.29. The topological polar surface area (TPSA) is 149 Å². The number of carbonyl (C=O) groups is 4. The van der Waals surface area contributed by atoms with Crippen LogP contribution < -0.4 is 5.32 Å². The summed E-state index contributed by atoms with van der Waals surface area (Å²) in [5, 5.41) is 2.99. The molecule has 1 N–H and O–H groups in total. The molecule has 2 heterocycles. The average molecular weight is 407 g/mol. The van der Waals surface area contributed by atoms with Crippen molar-refractivity contribution in [1.82, 2.24) is 15.3 Å². The Kier molecular flexibility index (Phi) is 6.59. The van der Waals surface area contributed by atoms with Crippen LogP contribution in [0.15, 0.2) is 0 Å². The molecule has 2 rings (SSSR count). The standard InChI is InChI=1S/C14H21N3O9S/c1-3-11(18)24-8-15-13(20)10-6-5-9-7-16(10)14(21)17(9)26-27(22,23)25-12(19)4-2/h9-10H,3-8H2,1-2H3,(H,15,20)/t9-,10+/m1/s1. The minimum Gasteiger partial charge on any atom is -0.444 e. The molecule has 2 fully saturated rings. The quantitative estimate of drug-likeness (QED) is 0.411. The molecule has 0 aromatic carbocycles. The van der Waals surface area contributed by atoms with Crippen LogP contribution in [-0.4, -0.2) is 67.6 Å². The number of piperidine rings is 1. The lowest BCUT2D eigenvalue weighted by Crippen LogP contribution is -2.50. The minimum absolute atomic E-state index is 0.0723. The van der Waals surface area contributed by atoms with Gasteiger partial charge >= 0.3 is 28.4 Å². The molecule has 0 saturated carbocycles. The van der Waals surface area contributed by atoms with Crippen LogP contribution in [0.2, 0.25) is 0 Å². The van der Waals surface area contributed by atoms with Crippen molar-refractivity contribution in [1.29, 1.82) is 0 Å². The van der Waals surface area contributed by atoms with E-state index in [0.717, 1.165) is 4.90 Å². The number of fused-ring (bicyclic) bond motifs is 2. The van der Waals surface area contributed by atoms with Gasteiger partial charge in [-0.3, -0.25) is 14.4 Å². The average Bonchev–Trinajstić information content (AvgIpc) is 2.85. The molecule has 0 aromatic rings. The number of hydroxylamine groups is 2. The fraction of sp³-hybridized carbons (Fsp3) is 0.714. The van der Waals surface area contributed by atoms with Crippen molar-refractivity contribution in [3.8, 4) is 0 Å². The lowest BCUT2D eigenvalue weighted by atomic mass is 10.0. The zero-order valence-corrected chi connectivity index (χ0v) is 15.7. The number of hydrogen-bond acceptors (Lipinski definition) is 9. The van der Waals surface area contributed by atoms with E-state index in [2.05, 4.69) is 13.8 Å². The van der Waals surface area contributed by atoms with Crippen LogP contribution in [0.5, 0.6) is 0 Å². The molecular formula is C14H21N3O9S. The molecule has 2 atom stereocenters. The zero-order valence-electron chi connectivity index (χ0n) is 14.9. The molecule has 12 nitrogen and oxygen atoms in total. The number of urea groups is 1. The summed E-state index contributed by atoms with van der Waals surface area (Å²) >= 11 is 0. The van der Waals surface area contributed by atoms with Gasteiger partial charge in [0.25, 0.3) is 0 Å². The Labute approximate surface area is 156 Å². The van der Waals surface area contributed by atoms with Gasteiger partial charge in [-0.25, -0.2) is 4.79 Å². The van der Waals surface area contributed by atoms with Gasteiger partial charge in [-0.15, -0.1) is 4.28 Å². The predicted octanol–water partition coefficient (Wildman–Crippen LogP) is -0.588. The lowest BCUT2D eigenvalue weighted by molar-refractivity contribution is -0.145. The summed E-state index contributed by atoms with van der Waals surface area (Å²) in [5.74, 6) is -2.04. The van der Waals surface area contributed by atoms with E-state index in [-0.39, 0.29) is 32.5 Å². The third kappa shape index (κ3) is 5.07. The highest BCUT2D eigenvalue weighted by molar-refractivity contribution is 7.82. The van der Waals surface area contributed by atoms with Gasteiger partial charge in [-0.05, 0) is 12.8 Å². The van der Waals surface area contributed by atoms with Crippen molar-refractivity contribution in [2.45, 2.75) is 51.6 Å². The number of nitrogens with one attached hydrogen (secondary N) is 1. The number of hydrogen-bond donors (Lipinski definition) is 1. The Hall–Kier alpha value is -2.41. The third-order valence-corrected chi connectivity index (χ3v) is 4.78. The highest BCUT2D eigenvalue weighted by Gasteiger charge is 2.49. The molecule has 152 valence electrons. The maximum absolute atomic E-state index is 12.4. The number of carbonyl (C=O) groups excluding carboxylic acids is 4. The predicted molar refractivity (Wildman–Crippen MR) is 86.5 cm³/mol. The van der Waals surface area contributed by atoms with Crippen LogP contribution >= 0.6 is 0 Å². The molecule has 0 aliphatic carbocycles. The van der Waals surface area contributed by atoms with Crippen molar-refractivity contribution in [2.75, 3.05) is 13.3 Å². The summed E-state index contributed by atoms with van der Waals surface area (Å²) in [7, 11) is -4.74. The first-order chi connectivity index (χ1) is 12.7. The fourth-order valence-electron chi connectivity index (χ4n) is 2.70. The zero-order chi connectivity index (χ0) is 20.2. The van der Waals surface area contributed by atoms with Crippen LogP contribution in [0.3, 0.4) is 0 Å². The monoisotopic (exact) mass is 407 g/mol. The molecule has 2 bridgehead atoms.